The molecule has 0 aliphatic rings. The molecule has 0 heterocycles. The van der Waals surface area contributed by atoms with Gasteiger partial charge in [-0.15, -0.1) is 0 Å². The van der Waals surface area contributed by atoms with Crippen LogP contribution in [0.1, 0.15) is 45.6 Å². The Morgan fingerprint density at radius 3 is 2.38 bits per heavy atom. The second-order valence-corrected chi connectivity index (χ2v) is 6.02. The maximum Gasteiger partial charge on any atom is 0.338 e. The monoisotopic (exact) mass is 325 g/mol. The van der Waals surface area contributed by atoms with Gasteiger partial charge in [0.25, 0.3) is 5.91 Å². The number of carbonyl (C=O) groups is 2. The number of hydrogen-bond donors (Lipinski definition) is 1. The van der Waals surface area contributed by atoms with E-state index in [0.29, 0.717) is 5.56 Å². The molecule has 1 atom stereocenters. The van der Waals surface area contributed by atoms with Crippen LogP contribution in [0.4, 0.5) is 0 Å². The summed E-state index contributed by atoms with van der Waals surface area (Å²) in [4.78, 5) is 24.0. The molecule has 0 aromatic heterocycles. The van der Waals surface area contributed by atoms with Crippen molar-refractivity contribution >= 4 is 11.9 Å². The normalized spacial score (nSPS) is 11.7. The Kier molecular flexibility index (Phi) is 5.74. The van der Waals surface area contributed by atoms with Crippen LogP contribution in [0.5, 0.6) is 0 Å². The van der Waals surface area contributed by atoms with Gasteiger partial charge in [0.2, 0.25) is 0 Å². The average molecular weight is 325 g/mol. The summed E-state index contributed by atoms with van der Waals surface area (Å²) in [6.07, 6.45) is 0. The number of esters is 1. The van der Waals surface area contributed by atoms with Gasteiger partial charge < -0.3 is 10.1 Å². The highest BCUT2D eigenvalue weighted by Gasteiger charge is 2.14. The van der Waals surface area contributed by atoms with Crippen molar-refractivity contribution in [1.82, 2.24) is 5.32 Å². The predicted molar refractivity (Wildman–Crippen MR) is 93.9 cm³/mol. The van der Waals surface area contributed by atoms with Gasteiger partial charge in [-0.1, -0.05) is 36.4 Å². The molecular formula is C20H23NO3. The molecule has 0 unspecified atom stereocenters. The Morgan fingerprint density at radius 2 is 1.71 bits per heavy atom. The van der Waals surface area contributed by atoms with Crippen LogP contribution in [0.25, 0.3) is 0 Å². The zero-order valence-corrected chi connectivity index (χ0v) is 14.6. The van der Waals surface area contributed by atoms with Crippen LogP contribution in [0.2, 0.25) is 0 Å². The predicted octanol–water partition coefficient (Wildman–Crippen LogP) is 3.65. The van der Waals surface area contributed by atoms with Crippen LogP contribution in [-0.2, 0) is 9.53 Å². The van der Waals surface area contributed by atoms with Crippen molar-refractivity contribution in [1.29, 1.82) is 0 Å². The number of benzene rings is 2. The zero-order chi connectivity index (χ0) is 17.7. The maximum absolute atomic E-state index is 12.0. The summed E-state index contributed by atoms with van der Waals surface area (Å²) in [5.41, 5.74) is 4.72. The first kappa shape index (κ1) is 17.7. The molecular weight excluding hydrogens is 302 g/mol. The van der Waals surface area contributed by atoms with E-state index in [9.17, 15) is 9.59 Å². The Balaban J connectivity index is 1.90. The molecule has 2 rings (SSSR count). The molecule has 0 aliphatic carbocycles. The fourth-order valence-electron chi connectivity index (χ4n) is 2.41. The highest BCUT2D eigenvalue weighted by Crippen LogP contribution is 2.16. The summed E-state index contributed by atoms with van der Waals surface area (Å²) in [6, 6.07) is 13.1. The van der Waals surface area contributed by atoms with Crippen molar-refractivity contribution in [2.24, 2.45) is 0 Å². The number of aryl methyl sites for hydroxylation is 3. The molecule has 2 aromatic rings. The second-order valence-electron chi connectivity index (χ2n) is 6.02. The minimum atomic E-state index is -0.484. The van der Waals surface area contributed by atoms with Gasteiger partial charge in [-0.05, 0) is 56.0 Å². The summed E-state index contributed by atoms with van der Waals surface area (Å²) in [6.45, 7) is 7.54. The first-order valence-electron chi connectivity index (χ1n) is 7.97. The topological polar surface area (TPSA) is 55.4 Å². The van der Waals surface area contributed by atoms with Crippen molar-refractivity contribution in [2.75, 3.05) is 6.61 Å². The molecule has 1 amide bonds. The number of nitrogens with one attached hydrogen (secondary N) is 1. The lowest BCUT2D eigenvalue weighted by Gasteiger charge is -2.16. The molecule has 4 nitrogen and oxygen atoms in total. The molecule has 24 heavy (non-hydrogen) atoms. The van der Waals surface area contributed by atoms with E-state index < -0.39 is 5.97 Å². The second kappa shape index (κ2) is 7.77. The van der Waals surface area contributed by atoms with Gasteiger partial charge in [0.15, 0.2) is 6.61 Å². The Morgan fingerprint density at radius 1 is 1.00 bits per heavy atom. The molecule has 0 saturated carbocycles. The molecule has 0 aliphatic heterocycles. The molecule has 0 radical (unpaired) electrons. The summed E-state index contributed by atoms with van der Waals surface area (Å²) < 4.78 is 5.10. The number of hydrogen-bond acceptors (Lipinski definition) is 3. The molecule has 2 aromatic carbocycles. The number of ether oxygens (including phenoxy) is 1. The number of rotatable bonds is 5. The van der Waals surface area contributed by atoms with Crippen LogP contribution in [0.3, 0.4) is 0 Å². The maximum atomic E-state index is 12.0. The van der Waals surface area contributed by atoms with Gasteiger partial charge in [0.1, 0.15) is 0 Å². The first-order chi connectivity index (χ1) is 11.4. The minimum Gasteiger partial charge on any atom is -0.452 e. The van der Waals surface area contributed by atoms with Crippen LogP contribution >= 0.6 is 0 Å². The molecule has 0 bridgehead atoms. The van der Waals surface area contributed by atoms with Crippen LogP contribution < -0.4 is 5.32 Å². The van der Waals surface area contributed by atoms with E-state index >= 15 is 0 Å². The van der Waals surface area contributed by atoms with Crippen molar-refractivity contribution in [3.8, 4) is 0 Å². The van der Waals surface area contributed by atoms with E-state index in [0.717, 1.165) is 11.1 Å². The van der Waals surface area contributed by atoms with Gasteiger partial charge in [-0.2, -0.15) is 0 Å². The Bertz CT molecular complexity index is 752. The standard InChI is InChI=1S/C20H23NO3/c1-13-9-10-17(11-15(13)3)16(4)21-19(22)12-24-20(23)18-8-6-5-7-14(18)2/h5-11,16H,12H2,1-4H3,(H,21,22)/t16-/m0/s1. The molecule has 0 spiro atoms. The average Bonchev–Trinajstić information content (AvgIpc) is 2.55. The SMILES string of the molecule is Cc1ccc([C@H](C)NC(=O)COC(=O)c2ccccc2C)cc1C. The minimum absolute atomic E-state index is 0.144. The fraction of sp³-hybridized carbons (Fsp3) is 0.300. The van der Waals surface area contributed by atoms with Gasteiger partial charge in [-0.3, -0.25) is 4.79 Å². The van der Waals surface area contributed by atoms with Crippen molar-refractivity contribution in [2.45, 2.75) is 33.7 Å². The molecule has 126 valence electrons. The highest BCUT2D eigenvalue weighted by atomic mass is 16.5. The Hall–Kier alpha value is -2.62. The third-order valence-corrected chi connectivity index (χ3v) is 4.11. The van der Waals surface area contributed by atoms with Crippen LogP contribution in [0.15, 0.2) is 42.5 Å². The summed E-state index contributed by atoms with van der Waals surface area (Å²) >= 11 is 0. The lowest BCUT2D eigenvalue weighted by atomic mass is 10.0. The Labute approximate surface area is 142 Å². The number of amides is 1. The van der Waals surface area contributed by atoms with Crippen molar-refractivity contribution in [3.05, 3.63) is 70.3 Å². The van der Waals surface area contributed by atoms with E-state index in [1.54, 1.807) is 12.1 Å². The highest BCUT2D eigenvalue weighted by molar-refractivity contribution is 5.92. The third kappa shape index (κ3) is 4.44. The van der Waals surface area contributed by atoms with Crippen molar-refractivity contribution < 1.29 is 14.3 Å². The van der Waals surface area contributed by atoms with E-state index in [1.165, 1.54) is 11.1 Å². The lowest BCUT2D eigenvalue weighted by Crippen LogP contribution is -2.31. The van der Waals surface area contributed by atoms with E-state index in [1.807, 2.05) is 52.0 Å². The third-order valence-electron chi connectivity index (χ3n) is 4.11. The summed E-state index contributed by atoms with van der Waals surface area (Å²) in [5.74, 6) is -0.801. The van der Waals surface area contributed by atoms with Gasteiger partial charge in [0, 0.05) is 0 Å². The van der Waals surface area contributed by atoms with E-state index in [-0.39, 0.29) is 18.6 Å². The van der Waals surface area contributed by atoms with Gasteiger partial charge >= 0.3 is 5.97 Å². The fourth-order valence-corrected chi connectivity index (χ4v) is 2.41. The van der Waals surface area contributed by atoms with Crippen molar-refractivity contribution in [3.63, 3.8) is 0 Å². The largest absolute Gasteiger partial charge is 0.452 e. The van der Waals surface area contributed by atoms with E-state index in [4.69, 9.17) is 4.74 Å². The molecule has 0 fully saturated rings. The summed E-state index contributed by atoms with van der Waals surface area (Å²) in [7, 11) is 0. The zero-order valence-electron chi connectivity index (χ0n) is 14.6. The van der Waals surface area contributed by atoms with Crippen LogP contribution in [0, 0.1) is 20.8 Å². The van der Waals surface area contributed by atoms with Gasteiger partial charge in [-0.25, -0.2) is 4.79 Å². The molecule has 4 heteroatoms. The molecule has 0 saturated heterocycles. The van der Waals surface area contributed by atoms with E-state index in [2.05, 4.69) is 11.4 Å². The first-order valence-corrected chi connectivity index (χ1v) is 7.97. The van der Waals surface area contributed by atoms with Gasteiger partial charge in [0.05, 0.1) is 11.6 Å². The number of carbonyl (C=O) groups excluding carboxylic acids is 2. The smallest absolute Gasteiger partial charge is 0.338 e. The lowest BCUT2D eigenvalue weighted by molar-refractivity contribution is -0.124. The molecule has 1 N–H and O–H groups in total. The van der Waals surface area contributed by atoms with Crippen LogP contribution in [-0.4, -0.2) is 18.5 Å². The summed E-state index contributed by atoms with van der Waals surface area (Å²) in [5, 5.41) is 2.85. The quantitative estimate of drug-likeness (QED) is 0.854.